The summed E-state index contributed by atoms with van der Waals surface area (Å²) in [5, 5.41) is 13.8. The van der Waals surface area contributed by atoms with Gasteiger partial charge in [-0.05, 0) is 23.1 Å². The standard InChI is InChI=1S/C10H5F4N3O4S/c11-6-1-2-7(16-4-3-9(15-16)17(18)19)8(5-6)22(20,21)10(12,13)14/h1-5H. The quantitative estimate of drug-likeness (QED) is 0.485. The number of alkyl halides is 3. The van der Waals surface area contributed by atoms with Gasteiger partial charge in [-0.2, -0.15) is 13.2 Å². The third kappa shape index (κ3) is 2.64. The fourth-order valence-electron chi connectivity index (χ4n) is 1.56. The van der Waals surface area contributed by atoms with Crippen molar-refractivity contribution in [2.24, 2.45) is 0 Å². The lowest BCUT2D eigenvalue weighted by Gasteiger charge is -2.11. The van der Waals surface area contributed by atoms with Gasteiger partial charge in [0.1, 0.15) is 16.4 Å². The first kappa shape index (κ1) is 15.9. The van der Waals surface area contributed by atoms with Crippen molar-refractivity contribution in [1.82, 2.24) is 9.78 Å². The Hall–Kier alpha value is -2.50. The van der Waals surface area contributed by atoms with E-state index >= 15 is 0 Å². The minimum absolute atomic E-state index is 0.172. The van der Waals surface area contributed by atoms with Gasteiger partial charge in [-0.15, -0.1) is 4.68 Å². The Morgan fingerprint density at radius 2 is 1.86 bits per heavy atom. The predicted molar refractivity (Wildman–Crippen MR) is 63.4 cm³/mol. The zero-order valence-corrected chi connectivity index (χ0v) is 11.1. The molecule has 0 saturated carbocycles. The van der Waals surface area contributed by atoms with Gasteiger partial charge in [-0.1, -0.05) is 0 Å². The van der Waals surface area contributed by atoms with Crippen LogP contribution in [0.2, 0.25) is 0 Å². The molecule has 0 aliphatic rings. The number of halogens is 4. The van der Waals surface area contributed by atoms with Crippen LogP contribution >= 0.6 is 0 Å². The average Bonchev–Trinajstić information content (AvgIpc) is 2.86. The number of rotatable bonds is 3. The largest absolute Gasteiger partial charge is 0.501 e. The van der Waals surface area contributed by atoms with E-state index in [-0.39, 0.29) is 6.07 Å². The summed E-state index contributed by atoms with van der Waals surface area (Å²) in [5.41, 5.74) is -6.32. The summed E-state index contributed by atoms with van der Waals surface area (Å²) in [5.74, 6) is -1.92. The van der Waals surface area contributed by atoms with Crippen LogP contribution in [0, 0.1) is 15.9 Å². The van der Waals surface area contributed by atoms with E-state index in [0.29, 0.717) is 10.7 Å². The van der Waals surface area contributed by atoms with Crippen molar-refractivity contribution in [3.8, 4) is 5.69 Å². The summed E-state index contributed by atoms with van der Waals surface area (Å²) in [6.07, 6.45) is 0.890. The van der Waals surface area contributed by atoms with E-state index in [2.05, 4.69) is 5.10 Å². The number of hydrogen-bond donors (Lipinski definition) is 0. The van der Waals surface area contributed by atoms with Crippen LogP contribution in [-0.4, -0.2) is 28.6 Å². The van der Waals surface area contributed by atoms with Gasteiger partial charge in [0, 0.05) is 0 Å². The Bertz CT molecular complexity index is 844. The first-order chi connectivity index (χ1) is 10.0. The molecular formula is C10H5F4N3O4S. The molecule has 1 heterocycles. The fourth-order valence-corrected chi connectivity index (χ4v) is 2.52. The van der Waals surface area contributed by atoms with Crippen molar-refractivity contribution in [3.63, 3.8) is 0 Å². The highest BCUT2D eigenvalue weighted by molar-refractivity contribution is 7.92. The smallest absolute Gasteiger partial charge is 0.358 e. The number of sulfone groups is 1. The van der Waals surface area contributed by atoms with E-state index in [1.54, 1.807) is 0 Å². The van der Waals surface area contributed by atoms with E-state index in [0.717, 1.165) is 18.3 Å². The third-order valence-electron chi connectivity index (χ3n) is 2.52. The topological polar surface area (TPSA) is 95.1 Å². The molecule has 0 amide bonds. The maximum absolute atomic E-state index is 13.1. The molecule has 0 N–H and O–H groups in total. The zero-order valence-electron chi connectivity index (χ0n) is 10.3. The van der Waals surface area contributed by atoms with Crippen LogP contribution in [0.3, 0.4) is 0 Å². The maximum atomic E-state index is 13.1. The molecule has 0 saturated heterocycles. The number of hydrogen-bond acceptors (Lipinski definition) is 5. The molecule has 0 aliphatic carbocycles. The summed E-state index contributed by atoms with van der Waals surface area (Å²) in [4.78, 5) is 8.20. The summed E-state index contributed by atoms with van der Waals surface area (Å²) in [6, 6.07) is 2.46. The minimum Gasteiger partial charge on any atom is -0.358 e. The summed E-state index contributed by atoms with van der Waals surface area (Å²) >= 11 is 0. The van der Waals surface area contributed by atoms with Crippen LogP contribution in [0.1, 0.15) is 0 Å². The molecule has 7 nitrogen and oxygen atoms in total. The van der Waals surface area contributed by atoms with Crippen LogP contribution in [0.5, 0.6) is 0 Å². The van der Waals surface area contributed by atoms with Crippen LogP contribution in [0.4, 0.5) is 23.4 Å². The molecule has 0 radical (unpaired) electrons. The molecular weight excluding hydrogens is 334 g/mol. The molecule has 1 aromatic carbocycles. The van der Waals surface area contributed by atoms with E-state index in [1.165, 1.54) is 0 Å². The van der Waals surface area contributed by atoms with E-state index in [9.17, 15) is 36.1 Å². The third-order valence-corrected chi connectivity index (χ3v) is 4.04. The van der Waals surface area contributed by atoms with Gasteiger partial charge >= 0.3 is 11.3 Å². The molecule has 22 heavy (non-hydrogen) atoms. The normalized spacial score (nSPS) is 12.4. The molecule has 0 unspecified atom stereocenters. The van der Waals surface area contributed by atoms with Crippen molar-refractivity contribution < 1.29 is 30.9 Å². The summed E-state index contributed by atoms with van der Waals surface area (Å²) in [6.45, 7) is 0. The molecule has 2 rings (SSSR count). The number of aromatic nitrogens is 2. The Morgan fingerprint density at radius 1 is 1.23 bits per heavy atom. The SMILES string of the molecule is O=[N+]([O-])c1ccn(-c2ccc(F)cc2S(=O)(=O)C(F)(F)F)n1. The second-order valence-electron chi connectivity index (χ2n) is 3.94. The van der Waals surface area contributed by atoms with Crippen molar-refractivity contribution in [1.29, 1.82) is 0 Å². The van der Waals surface area contributed by atoms with Gasteiger partial charge in [0.25, 0.3) is 9.84 Å². The monoisotopic (exact) mass is 339 g/mol. The Kier molecular flexibility index (Phi) is 3.64. The lowest BCUT2D eigenvalue weighted by atomic mass is 10.3. The Morgan fingerprint density at radius 3 is 2.36 bits per heavy atom. The Balaban J connectivity index is 2.70. The molecule has 2 aromatic rings. The van der Waals surface area contributed by atoms with Crippen molar-refractivity contribution in [2.45, 2.75) is 10.4 Å². The molecule has 0 spiro atoms. The van der Waals surface area contributed by atoms with Crippen molar-refractivity contribution >= 4 is 15.7 Å². The second-order valence-corrected chi connectivity index (χ2v) is 5.85. The lowest BCUT2D eigenvalue weighted by molar-refractivity contribution is -0.389. The van der Waals surface area contributed by atoms with Gasteiger partial charge in [0.15, 0.2) is 0 Å². The van der Waals surface area contributed by atoms with Gasteiger partial charge in [0.05, 0.1) is 17.4 Å². The molecule has 12 heteroatoms. The van der Waals surface area contributed by atoms with E-state index in [1.807, 2.05) is 0 Å². The van der Waals surface area contributed by atoms with Gasteiger partial charge in [-0.25, -0.2) is 12.8 Å². The number of benzene rings is 1. The highest BCUT2D eigenvalue weighted by atomic mass is 32.2. The first-order valence-corrected chi connectivity index (χ1v) is 6.83. The van der Waals surface area contributed by atoms with E-state index in [4.69, 9.17) is 0 Å². The predicted octanol–water partition coefficient (Wildman–Crippen LogP) is 2.21. The minimum atomic E-state index is -5.86. The average molecular weight is 339 g/mol. The maximum Gasteiger partial charge on any atom is 0.501 e. The summed E-state index contributed by atoms with van der Waals surface area (Å²) < 4.78 is 74.5. The molecule has 118 valence electrons. The molecule has 1 aromatic heterocycles. The summed E-state index contributed by atoms with van der Waals surface area (Å²) in [7, 11) is -5.86. The molecule has 0 bridgehead atoms. The molecule has 0 atom stereocenters. The number of nitro groups is 1. The van der Waals surface area contributed by atoms with Crippen LogP contribution in [0.25, 0.3) is 5.69 Å². The highest BCUT2D eigenvalue weighted by Gasteiger charge is 2.48. The first-order valence-electron chi connectivity index (χ1n) is 5.35. The van der Waals surface area contributed by atoms with E-state index < -0.39 is 42.5 Å². The zero-order chi connectivity index (χ0) is 16.7. The second kappa shape index (κ2) is 5.05. The Labute approximate surface area is 119 Å². The van der Waals surface area contributed by atoms with Crippen molar-refractivity contribution in [2.75, 3.05) is 0 Å². The van der Waals surface area contributed by atoms with Gasteiger partial charge in [-0.3, -0.25) is 0 Å². The molecule has 0 fully saturated rings. The van der Waals surface area contributed by atoms with Crippen LogP contribution in [0.15, 0.2) is 35.4 Å². The van der Waals surface area contributed by atoms with Crippen molar-refractivity contribution in [3.05, 3.63) is 46.4 Å². The van der Waals surface area contributed by atoms with Crippen LogP contribution in [-0.2, 0) is 9.84 Å². The van der Waals surface area contributed by atoms with Crippen LogP contribution < -0.4 is 0 Å². The van der Waals surface area contributed by atoms with Gasteiger partial charge in [0.2, 0.25) is 0 Å². The number of nitrogens with zero attached hydrogens (tertiary/aromatic N) is 3. The fraction of sp³-hybridized carbons (Fsp3) is 0.100. The highest BCUT2D eigenvalue weighted by Crippen LogP contribution is 2.34. The molecule has 0 aliphatic heterocycles. The van der Waals surface area contributed by atoms with Gasteiger partial charge < -0.3 is 10.1 Å². The lowest BCUT2D eigenvalue weighted by Crippen LogP contribution is -2.25.